The van der Waals surface area contributed by atoms with Gasteiger partial charge in [0.15, 0.2) is 0 Å². The van der Waals surface area contributed by atoms with Crippen molar-refractivity contribution < 1.29 is 14.0 Å². The van der Waals surface area contributed by atoms with E-state index in [1.54, 1.807) is 41.3 Å². The van der Waals surface area contributed by atoms with Gasteiger partial charge >= 0.3 is 0 Å². The van der Waals surface area contributed by atoms with Crippen molar-refractivity contribution in [2.24, 2.45) is 0 Å². The minimum absolute atomic E-state index is 0.0104. The number of hydrogen-bond donors (Lipinski definition) is 2. The van der Waals surface area contributed by atoms with Crippen LogP contribution < -0.4 is 10.6 Å². The van der Waals surface area contributed by atoms with Gasteiger partial charge in [-0.15, -0.1) is 0 Å². The zero-order valence-electron chi connectivity index (χ0n) is 16.3. The van der Waals surface area contributed by atoms with Crippen LogP contribution >= 0.6 is 0 Å². The standard InChI is InChI=1S/C22H26FN3O2/c1-3-26(4-2)22(28)16-6-5-7-18(12-16)25-21(27)14-24-17-10-11-19(15-8-9-15)20(23)13-17/h5-7,10-13,15,24H,3-4,8-9,14H2,1-2H3,(H,25,27). The first-order valence-corrected chi connectivity index (χ1v) is 9.74. The lowest BCUT2D eigenvalue weighted by molar-refractivity contribution is -0.114. The van der Waals surface area contributed by atoms with Crippen LogP contribution in [0.5, 0.6) is 0 Å². The lowest BCUT2D eigenvalue weighted by Crippen LogP contribution is -2.30. The van der Waals surface area contributed by atoms with E-state index >= 15 is 0 Å². The SMILES string of the molecule is CCN(CC)C(=O)c1cccc(NC(=O)CNc2ccc(C3CC3)c(F)c2)c1. The second kappa shape index (κ2) is 8.87. The van der Waals surface area contributed by atoms with Crippen LogP contribution in [0.2, 0.25) is 0 Å². The molecular formula is C22H26FN3O2. The van der Waals surface area contributed by atoms with Crippen molar-refractivity contribution in [3.05, 3.63) is 59.4 Å². The number of halogens is 1. The summed E-state index contributed by atoms with van der Waals surface area (Å²) in [6.07, 6.45) is 2.09. The molecule has 0 radical (unpaired) electrons. The van der Waals surface area contributed by atoms with Crippen molar-refractivity contribution in [1.29, 1.82) is 0 Å². The van der Waals surface area contributed by atoms with Crippen molar-refractivity contribution in [1.82, 2.24) is 4.90 Å². The summed E-state index contributed by atoms with van der Waals surface area (Å²) in [7, 11) is 0. The van der Waals surface area contributed by atoms with E-state index in [-0.39, 0.29) is 24.2 Å². The van der Waals surface area contributed by atoms with Crippen LogP contribution in [-0.2, 0) is 4.79 Å². The number of anilines is 2. The molecule has 0 aromatic heterocycles. The number of carbonyl (C=O) groups excluding carboxylic acids is 2. The van der Waals surface area contributed by atoms with E-state index in [4.69, 9.17) is 0 Å². The highest BCUT2D eigenvalue weighted by atomic mass is 19.1. The lowest BCUT2D eigenvalue weighted by atomic mass is 10.1. The predicted molar refractivity (Wildman–Crippen MR) is 109 cm³/mol. The molecule has 5 nitrogen and oxygen atoms in total. The second-order valence-corrected chi connectivity index (χ2v) is 6.97. The quantitative estimate of drug-likeness (QED) is 0.717. The fourth-order valence-corrected chi connectivity index (χ4v) is 3.17. The smallest absolute Gasteiger partial charge is 0.253 e. The molecule has 2 N–H and O–H groups in total. The molecule has 6 heteroatoms. The highest BCUT2D eigenvalue weighted by Crippen LogP contribution is 2.41. The van der Waals surface area contributed by atoms with Crippen LogP contribution in [0, 0.1) is 5.82 Å². The summed E-state index contributed by atoms with van der Waals surface area (Å²) in [6, 6.07) is 11.9. The Balaban J connectivity index is 1.57. The fourth-order valence-electron chi connectivity index (χ4n) is 3.17. The molecule has 0 bridgehead atoms. The number of nitrogens with one attached hydrogen (secondary N) is 2. The average molecular weight is 383 g/mol. The molecule has 2 aromatic carbocycles. The normalized spacial score (nSPS) is 13.1. The Bertz CT molecular complexity index is 861. The van der Waals surface area contributed by atoms with Crippen molar-refractivity contribution in [3.8, 4) is 0 Å². The van der Waals surface area contributed by atoms with Gasteiger partial charge in [-0.2, -0.15) is 0 Å². The molecule has 1 saturated carbocycles. The number of nitrogens with zero attached hydrogens (tertiary/aromatic N) is 1. The van der Waals surface area contributed by atoms with E-state index in [2.05, 4.69) is 10.6 Å². The van der Waals surface area contributed by atoms with Gasteiger partial charge < -0.3 is 15.5 Å². The van der Waals surface area contributed by atoms with Crippen molar-refractivity contribution in [2.75, 3.05) is 30.3 Å². The van der Waals surface area contributed by atoms with Gasteiger partial charge in [0, 0.05) is 30.0 Å². The third kappa shape index (κ3) is 4.88. The highest BCUT2D eigenvalue weighted by molar-refractivity contribution is 5.98. The van der Waals surface area contributed by atoms with Gasteiger partial charge in [0.1, 0.15) is 5.82 Å². The molecule has 0 aliphatic heterocycles. The first-order valence-electron chi connectivity index (χ1n) is 9.74. The van der Waals surface area contributed by atoms with Gasteiger partial charge in [0.2, 0.25) is 5.91 Å². The van der Waals surface area contributed by atoms with Crippen LogP contribution in [0.1, 0.15) is 48.5 Å². The highest BCUT2D eigenvalue weighted by Gasteiger charge is 2.26. The van der Waals surface area contributed by atoms with E-state index in [9.17, 15) is 14.0 Å². The first kappa shape index (κ1) is 19.9. The molecule has 2 amide bonds. The molecule has 28 heavy (non-hydrogen) atoms. The molecule has 0 atom stereocenters. The minimum Gasteiger partial charge on any atom is -0.376 e. The second-order valence-electron chi connectivity index (χ2n) is 6.97. The van der Waals surface area contributed by atoms with Gasteiger partial charge in [-0.25, -0.2) is 4.39 Å². The molecule has 0 unspecified atom stereocenters. The molecule has 1 fully saturated rings. The number of amides is 2. The topological polar surface area (TPSA) is 61.4 Å². The van der Waals surface area contributed by atoms with Gasteiger partial charge in [-0.05, 0) is 68.5 Å². The van der Waals surface area contributed by atoms with Crippen molar-refractivity contribution >= 4 is 23.2 Å². The molecule has 148 valence electrons. The van der Waals surface area contributed by atoms with Gasteiger partial charge in [0.25, 0.3) is 5.91 Å². The van der Waals surface area contributed by atoms with Gasteiger partial charge in [-0.1, -0.05) is 12.1 Å². The third-order valence-corrected chi connectivity index (χ3v) is 4.91. The summed E-state index contributed by atoms with van der Waals surface area (Å²) in [4.78, 5) is 26.4. The molecule has 1 aliphatic rings. The Kier molecular flexibility index (Phi) is 6.29. The number of rotatable bonds is 8. The molecule has 1 aliphatic carbocycles. The zero-order valence-corrected chi connectivity index (χ0v) is 16.3. The van der Waals surface area contributed by atoms with Gasteiger partial charge in [-0.3, -0.25) is 9.59 Å². The molecule has 3 rings (SSSR count). The maximum absolute atomic E-state index is 14.1. The fraction of sp³-hybridized carbons (Fsp3) is 0.364. The van der Waals surface area contributed by atoms with Crippen LogP contribution in [0.25, 0.3) is 0 Å². The molecule has 0 heterocycles. The Labute approximate surface area is 164 Å². The summed E-state index contributed by atoms with van der Waals surface area (Å²) >= 11 is 0. The van der Waals surface area contributed by atoms with Crippen LogP contribution in [-0.4, -0.2) is 36.3 Å². The Morgan fingerprint density at radius 3 is 2.46 bits per heavy atom. The maximum Gasteiger partial charge on any atom is 0.253 e. The van der Waals surface area contributed by atoms with E-state index in [1.807, 2.05) is 13.8 Å². The Hall–Kier alpha value is -2.89. The summed E-state index contributed by atoms with van der Waals surface area (Å²) < 4.78 is 14.1. The maximum atomic E-state index is 14.1. The largest absolute Gasteiger partial charge is 0.376 e. The number of hydrogen-bond acceptors (Lipinski definition) is 3. The predicted octanol–water partition coefficient (Wildman–Crippen LogP) is 4.24. The third-order valence-electron chi connectivity index (χ3n) is 4.91. The Morgan fingerprint density at radius 1 is 1.07 bits per heavy atom. The summed E-state index contributed by atoms with van der Waals surface area (Å²) in [5.74, 6) is -0.205. The molecule has 2 aromatic rings. The van der Waals surface area contributed by atoms with Gasteiger partial charge in [0.05, 0.1) is 6.54 Å². The van der Waals surface area contributed by atoms with Crippen LogP contribution in [0.4, 0.5) is 15.8 Å². The first-order chi connectivity index (χ1) is 13.5. The number of benzene rings is 2. The van der Waals surface area contributed by atoms with E-state index < -0.39 is 0 Å². The average Bonchev–Trinajstić information content (AvgIpc) is 3.52. The summed E-state index contributed by atoms with van der Waals surface area (Å²) in [5, 5.41) is 5.71. The van der Waals surface area contributed by atoms with E-state index in [0.717, 1.165) is 18.4 Å². The molecular weight excluding hydrogens is 357 g/mol. The van der Waals surface area contributed by atoms with Crippen molar-refractivity contribution in [3.63, 3.8) is 0 Å². The van der Waals surface area contributed by atoms with E-state index in [0.29, 0.717) is 35.9 Å². The van der Waals surface area contributed by atoms with Crippen LogP contribution in [0.3, 0.4) is 0 Å². The number of carbonyl (C=O) groups is 2. The summed E-state index contributed by atoms with van der Waals surface area (Å²) in [6.45, 7) is 5.13. The lowest BCUT2D eigenvalue weighted by Gasteiger charge is -2.19. The van der Waals surface area contributed by atoms with Crippen LogP contribution in [0.15, 0.2) is 42.5 Å². The Morgan fingerprint density at radius 2 is 1.82 bits per heavy atom. The molecule has 0 spiro atoms. The monoisotopic (exact) mass is 383 g/mol. The minimum atomic E-state index is -0.265. The molecule has 0 saturated heterocycles. The van der Waals surface area contributed by atoms with E-state index in [1.165, 1.54) is 6.07 Å². The summed E-state index contributed by atoms with van der Waals surface area (Å²) in [5.41, 5.74) is 2.42. The zero-order chi connectivity index (χ0) is 20.1. The van der Waals surface area contributed by atoms with Crippen molar-refractivity contribution in [2.45, 2.75) is 32.6 Å².